The van der Waals surface area contributed by atoms with Gasteiger partial charge >= 0.3 is 11.8 Å². The fourth-order valence-electron chi connectivity index (χ4n) is 3.33. The van der Waals surface area contributed by atoms with E-state index in [0.29, 0.717) is 18.9 Å². The van der Waals surface area contributed by atoms with Crippen molar-refractivity contribution in [1.82, 2.24) is 10.2 Å². The van der Waals surface area contributed by atoms with Crippen LogP contribution in [0, 0.1) is 5.82 Å². The normalized spacial score (nSPS) is 15.3. The Hall–Kier alpha value is -2.97. The van der Waals surface area contributed by atoms with E-state index < -0.39 is 17.6 Å². The van der Waals surface area contributed by atoms with Crippen molar-refractivity contribution in [2.24, 2.45) is 0 Å². The molecule has 0 bridgehead atoms. The number of benzene rings is 2. The molecule has 1 unspecified atom stereocenters. The van der Waals surface area contributed by atoms with Crippen molar-refractivity contribution < 1.29 is 18.7 Å². The number of ether oxygens (including phenoxy) is 1. The van der Waals surface area contributed by atoms with Crippen LogP contribution in [0.4, 0.5) is 15.8 Å². The monoisotopic (exact) mass is 414 g/mol. The Balaban J connectivity index is 1.65. The highest BCUT2D eigenvalue weighted by atomic mass is 19.1. The van der Waals surface area contributed by atoms with Gasteiger partial charge in [-0.05, 0) is 42.0 Å². The summed E-state index contributed by atoms with van der Waals surface area (Å²) in [6.07, 6.45) is 0. The first-order chi connectivity index (χ1) is 14.4. The molecule has 1 aliphatic heterocycles. The van der Waals surface area contributed by atoms with Gasteiger partial charge in [-0.15, -0.1) is 0 Å². The van der Waals surface area contributed by atoms with Crippen LogP contribution in [0.3, 0.4) is 0 Å². The standard InChI is InChI=1S/C22H27FN4O3/c1-26(2)19-9-3-16(4-10-19)20(27-11-13-30-14-12-27)15-24-21(28)22(29)25-18-7-5-17(23)6-8-18/h3-10,20H,11-15H2,1-2H3,(H,24,28)(H,25,29). The van der Waals surface area contributed by atoms with Crippen molar-refractivity contribution in [3.05, 3.63) is 59.9 Å². The molecule has 2 aromatic carbocycles. The van der Waals surface area contributed by atoms with E-state index in [2.05, 4.69) is 15.5 Å². The molecule has 0 spiro atoms. The first-order valence-electron chi connectivity index (χ1n) is 9.88. The molecule has 1 atom stereocenters. The first kappa shape index (κ1) is 21.7. The molecule has 7 nitrogen and oxygen atoms in total. The molecule has 3 rings (SSSR count). The molecule has 2 aromatic rings. The van der Waals surface area contributed by atoms with E-state index in [0.717, 1.165) is 24.3 Å². The summed E-state index contributed by atoms with van der Waals surface area (Å²) in [6, 6.07) is 13.3. The largest absolute Gasteiger partial charge is 0.379 e. The third-order valence-electron chi connectivity index (χ3n) is 5.04. The lowest BCUT2D eigenvalue weighted by Gasteiger charge is -2.35. The van der Waals surface area contributed by atoms with Crippen LogP contribution >= 0.6 is 0 Å². The second kappa shape index (κ2) is 10.2. The van der Waals surface area contributed by atoms with Crippen LogP contribution < -0.4 is 15.5 Å². The van der Waals surface area contributed by atoms with Gasteiger partial charge in [-0.3, -0.25) is 14.5 Å². The number of rotatable bonds is 6. The fourth-order valence-corrected chi connectivity index (χ4v) is 3.33. The van der Waals surface area contributed by atoms with Crippen molar-refractivity contribution in [2.45, 2.75) is 6.04 Å². The van der Waals surface area contributed by atoms with Crippen LogP contribution in [0.5, 0.6) is 0 Å². The molecule has 1 aliphatic rings. The molecule has 160 valence electrons. The molecule has 2 amide bonds. The van der Waals surface area contributed by atoms with Gasteiger partial charge in [-0.2, -0.15) is 0 Å². The van der Waals surface area contributed by atoms with E-state index in [4.69, 9.17) is 4.74 Å². The van der Waals surface area contributed by atoms with Crippen LogP contribution in [-0.2, 0) is 14.3 Å². The first-order valence-corrected chi connectivity index (χ1v) is 9.88. The minimum Gasteiger partial charge on any atom is -0.379 e. The Morgan fingerprint density at radius 3 is 2.27 bits per heavy atom. The molecule has 1 heterocycles. The minimum absolute atomic E-state index is 0.0762. The maximum atomic E-state index is 13.0. The summed E-state index contributed by atoms with van der Waals surface area (Å²) >= 11 is 0. The third kappa shape index (κ3) is 5.77. The molecular weight excluding hydrogens is 387 g/mol. The molecule has 0 aliphatic carbocycles. The van der Waals surface area contributed by atoms with Gasteiger partial charge in [0, 0.05) is 45.1 Å². The summed E-state index contributed by atoms with van der Waals surface area (Å²) in [7, 11) is 3.96. The zero-order valence-corrected chi connectivity index (χ0v) is 17.2. The molecule has 0 radical (unpaired) electrons. The summed E-state index contributed by atoms with van der Waals surface area (Å²) in [5.41, 5.74) is 2.50. The topological polar surface area (TPSA) is 73.9 Å². The van der Waals surface area contributed by atoms with Gasteiger partial charge in [-0.1, -0.05) is 12.1 Å². The molecule has 1 saturated heterocycles. The molecule has 8 heteroatoms. The predicted octanol–water partition coefficient (Wildman–Crippen LogP) is 2.02. The quantitative estimate of drug-likeness (QED) is 0.708. The maximum Gasteiger partial charge on any atom is 0.313 e. The predicted molar refractivity (Wildman–Crippen MR) is 114 cm³/mol. The zero-order chi connectivity index (χ0) is 21.5. The second-order valence-corrected chi connectivity index (χ2v) is 7.32. The summed E-state index contributed by atoms with van der Waals surface area (Å²) in [6.45, 7) is 3.04. The van der Waals surface area contributed by atoms with Crippen LogP contribution in [0.1, 0.15) is 11.6 Å². The average molecular weight is 414 g/mol. The lowest BCUT2D eigenvalue weighted by atomic mass is 10.0. The lowest BCUT2D eigenvalue weighted by molar-refractivity contribution is -0.136. The SMILES string of the molecule is CN(C)c1ccc(C(CNC(=O)C(=O)Nc2ccc(F)cc2)N2CCOCC2)cc1. The summed E-state index contributed by atoms with van der Waals surface area (Å²) in [5.74, 6) is -1.93. The molecule has 2 N–H and O–H groups in total. The number of carbonyl (C=O) groups excluding carboxylic acids is 2. The Bertz CT molecular complexity index is 850. The maximum absolute atomic E-state index is 13.0. The highest BCUT2D eigenvalue weighted by Crippen LogP contribution is 2.23. The number of carbonyl (C=O) groups is 2. The number of nitrogens with zero attached hydrogens (tertiary/aromatic N) is 2. The molecule has 0 saturated carbocycles. The Kier molecular flexibility index (Phi) is 7.37. The van der Waals surface area contributed by atoms with Gasteiger partial charge in [0.1, 0.15) is 5.82 Å². The lowest BCUT2D eigenvalue weighted by Crippen LogP contribution is -2.45. The number of amides is 2. The number of halogens is 1. The molecular formula is C22H27FN4O3. The Labute approximate surface area is 175 Å². The number of morpholine rings is 1. The van der Waals surface area contributed by atoms with Crippen molar-refractivity contribution >= 4 is 23.2 Å². The van der Waals surface area contributed by atoms with E-state index in [1.165, 1.54) is 24.3 Å². The van der Waals surface area contributed by atoms with E-state index in [-0.39, 0.29) is 12.6 Å². The smallest absolute Gasteiger partial charge is 0.313 e. The number of nitrogens with one attached hydrogen (secondary N) is 2. The summed E-state index contributed by atoms with van der Waals surface area (Å²) in [4.78, 5) is 28.8. The fraction of sp³-hybridized carbons (Fsp3) is 0.364. The Morgan fingerprint density at radius 1 is 1.03 bits per heavy atom. The number of hydrogen-bond acceptors (Lipinski definition) is 5. The summed E-state index contributed by atoms with van der Waals surface area (Å²) in [5, 5.41) is 5.20. The van der Waals surface area contributed by atoms with E-state index in [9.17, 15) is 14.0 Å². The number of anilines is 2. The van der Waals surface area contributed by atoms with Crippen LogP contribution in [0.25, 0.3) is 0 Å². The van der Waals surface area contributed by atoms with Crippen molar-refractivity contribution in [1.29, 1.82) is 0 Å². The highest BCUT2D eigenvalue weighted by molar-refractivity contribution is 6.39. The van der Waals surface area contributed by atoms with Crippen LogP contribution in [0.2, 0.25) is 0 Å². The Morgan fingerprint density at radius 2 is 1.67 bits per heavy atom. The highest BCUT2D eigenvalue weighted by Gasteiger charge is 2.24. The number of hydrogen-bond donors (Lipinski definition) is 2. The van der Waals surface area contributed by atoms with Crippen LogP contribution in [-0.4, -0.2) is 63.7 Å². The van der Waals surface area contributed by atoms with E-state index >= 15 is 0 Å². The summed E-state index contributed by atoms with van der Waals surface area (Å²) < 4.78 is 18.4. The molecule has 0 aromatic heterocycles. The second-order valence-electron chi connectivity index (χ2n) is 7.32. The molecule has 1 fully saturated rings. The van der Waals surface area contributed by atoms with Crippen molar-refractivity contribution in [2.75, 3.05) is 57.2 Å². The van der Waals surface area contributed by atoms with E-state index in [1.807, 2.05) is 43.3 Å². The average Bonchev–Trinajstić information content (AvgIpc) is 2.76. The van der Waals surface area contributed by atoms with Gasteiger partial charge in [0.25, 0.3) is 0 Å². The molecule has 30 heavy (non-hydrogen) atoms. The van der Waals surface area contributed by atoms with Crippen molar-refractivity contribution in [3.8, 4) is 0 Å². The van der Waals surface area contributed by atoms with Gasteiger partial charge in [-0.25, -0.2) is 4.39 Å². The van der Waals surface area contributed by atoms with Crippen molar-refractivity contribution in [3.63, 3.8) is 0 Å². The van der Waals surface area contributed by atoms with Crippen LogP contribution in [0.15, 0.2) is 48.5 Å². The van der Waals surface area contributed by atoms with Gasteiger partial charge in [0.15, 0.2) is 0 Å². The minimum atomic E-state index is -0.787. The van der Waals surface area contributed by atoms with Gasteiger partial charge < -0.3 is 20.3 Å². The van der Waals surface area contributed by atoms with Gasteiger partial charge in [0.05, 0.1) is 19.3 Å². The van der Waals surface area contributed by atoms with Gasteiger partial charge in [0.2, 0.25) is 0 Å². The zero-order valence-electron chi connectivity index (χ0n) is 17.2. The third-order valence-corrected chi connectivity index (χ3v) is 5.04. The van der Waals surface area contributed by atoms with E-state index in [1.54, 1.807) is 0 Å².